The lowest BCUT2D eigenvalue weighted by atomic mass is 9.89. The fourth-order valence-corrected chi connectivity index (χ4v) is 6.22. The number of piperidine rings is 1. The summed E-state index contributed by atoms with van der Waals surface area (Å²) in [6.45, 7) is 1.69. The van der Waals surface area contributed by atoms with Crippen molar-refractivity contribution in [2.45, 2.75) is 37.6 Å². The number of anilines is 1. The summed E-state index contributed by atoms with van der Waals surface area (Å²) < 4.78 is 71.8. The van der Waals surface area contributed by atoms with Crippen LogP contribution in [0.1, 0.15) is 35.1 Å². The number of benzene rings is 2. The summed E-state index contributed by atoms with van der Waals surface area (Å²) in [5, 5.41) is 12.9. The monoisotopic (exact) mass is 592 g/mol. The van der Waals surface area contributed by atoms with E-state index < -0.39 is 45.4 Å². The van der Waals surface area contributed by atoms with Crippen molar-refractivity contribution in [1.29, 1.82) is 0 Å². The van der Waals surface area contributed by atoms with Crippen molar-refractivity contribution in [3.05, 3.63) is 70.1 Å². The Labute approximate surface area is 234 Å². The van der Waals surface area contributed by atoms with Crippen molar-refractivity contribution in [3.8, 4) is 0 Å². The van der Waals surface area contributed by atoms with Crippen molar-refractivity contribution in [3.63, 3.8) is 0 Å². The largest absolute Gasteiger partial charge is 0.441 e. The predicted octanol–water partition coefficient (Wildman–Crippen LogP) is 3.04. The number of alkyl halides is 3. The minimum atomic E-state index is -4.55. The van der Waals surface area contributed by atoms with E-state index >= 15 is 0 Å². The number of amides is 2. The van der Waals surface area contributed by atoms with E-state index in [0.717, 1.165) is 17.5 Å². The molecule has 2 N–H and O–H groups in total. The van der Waals surface area contributed by atoms with E-state index in [1.165, 1.54) is 27.4 Å². The quantitative estimate of drug-likeness (QED) is 0.531. The van der Waals surface area contributed by atoms with Gasteiger partial charge in [0.05, 0.1) is 18.7 Å². The van der Waals surface area contributed by atoms with Gasteiger partial charge in [0, 0.05) is 29.7 Å². The average molecular weight is 593 g/mol. The maximum Gasteiger partial charge on any atom is 0.416 e. The molecule has 3 aliphatic heterocycles. The number of carbonyl (C=O) groups is 2. The normalized spacial score (nSPS) is 21.4. The average Bonchev–Trinajstić information content (AvgIpc) is 3.47. The number of sulfonamides is 1. The number of rotatable bonds is 6. The lowest BCUT2D eigenvalue weighted by Gasteiger charge is -2.34. The van der Waals surface area contributed by atoms with Crippen LogP contribution in [-0.2, 0) is 25.7 Å². The van der Waals surface area contributed by atoms with Crippen molar-refractivity contribution in [2.75, 3.05) is 31.1 Å². The summed E-state index contributed by atoms with van der Waals surface area (Å²) in [6, 6.07) is 9.56. The number of carbonyl (C=O) groups excluding carboxylic acids is 2. The van der Waals surface area contributed by atoms with Gasteiger partial charge in [-0.25, -0.2) is 13.2 Å². The Balaban J connectivity index is 1.26. The number of aliphatic hydroxyl groups excluding tert-OH is 1. The first kappa shape index (κ1) is 28.8. The summed E-state index contributed by atoms with van der Waals surface area (Å²) in [4.78, 5) is 30.7. The molecule has 2 aromatic carbocycles. The van der Waals surface area contributed by atoms with Crippen LogP contribution in [-0.4, -0.2) is 73.5 Å². The Morgan fingerprint density at radius 3 is 2.54 bits per heavy atom. The van der Waals surface area contributed by atoms with E-state index in [1.54, 1.807) is 25.1 Å². The summed E-state index contributed by atoms with van der Waals surface area (Å²) in [5.74, 6) is -0.439. The standard InChI is InChI=1S/C27H27F3N4O6S/c1-17-13-21(34-15-22(16-35)40-25(34)37)6-5-18(17)7-12-41(38,39)33-10-8-26(9-11-33)24(36)31-23(32-26)19-3-2-4-20(14-19)27(28,29)30/h2-7,12-14,22,35H,8-11,15-16H2,1H3,(H,31,32,36). The predicted molar refractivity (Wildman–Crippen MR) is 143 cm³/mol. The summed E-state index contributed by atoms with van der Waals surface area (Å²) in [6.07, 6.45) is -4.13. The summed E-state index contributed by atoms with van der Waals surface area (Å²) in [5.41, 5.74) is -0.103. The molecule has 14 heteroatoms. The zero-order chi connectivity index (χ0) is 29.6. The van der Waals surface area contributed by atoms with Crippen LogP contribution < -0.4 is 10.2 Å². The molecule has 41 heavy (non-hydrogen) atoms. The van der Waals surface area contributed by atoms with Crippen molar-refractivity contribution in [1.82, 2.24) is 9.62 Å². The molecular weight excluding hydrogens is 565 g/mol. The lowest BCUT2D eigenvalue weighted by Crippen LogP contribution is -2.50. The van der Waals surface area contributed by atoms with Crippen LogP contribution in [0.3, 0.4) is 0 Å². The molecular formula is C27H27F3N4O6S. The highest BCUT2D eigenvalue weighted by Crippen LogP contribution is 2.34. The Kier molecular flexibility index (Phi) is 7.42. The Morgan fingerprint density at radius 2 is 1.90 bits per heavy atom. The van der Waals surface area contributed by atoms with Crippen LogP contribution in [0.4, 0.5) is 23.7 Å². The molecule has 0 saturated carbocycles. The Morgan fingerprint density at radius 1 is 1.17 bits per heavy atom. The van der Waals surface area contributed by atoms with Crippen molar-refractivity contribution in [2.24, 2.45) is 4.99 Å². The smallest absolute Gasteiger partial charge is 0.416 e. The first-order valence-electron chi connectivity index (χ1n) is 12.8. The van der Waals surface area contributed by atoms with Crippen molar-refractivity contribution >= 4 is 39.6 Å². The molecule has 0 aromatic heterocycles. The van der Waals surface area contributed by atoms with Gasteiger partial charge in [-0.15, -0.1) is 0 Å². The minimum absolute atomic E-state index is 0.000476. The van der Waals surface area contributed by atoms with Crippen LogP contribution in [0, 0.1) is 6.92 Å². The van der Waals surface area contributed by atoms with Gasteiger partial charge in [-0.3, -0.25) is 14.7 Å². The Hall–Kier alpha value is -3.75. The molecule has 10 nitrogen and oxygen atoms in total. The minimum Gasteiger partial charge on any atom is -0.441 e. The van der Waals surface area contributed by atoms with E-state index in [2.05, 4.69) is 10.3 Å². The van der Waals surface area contributed by atoms with Crippen molar-refractivity contribution < 1.29 is 41.0 Å². The number of halogens is 3. The number of nitrogens with zero attached hydrogens (tertiary/aromatic N) is 3. The number of hydrogen-bond donors (Lipinski definition) is 2. The summed E-state index contributed by atoms with van der Waals surface area (Å²) in [7, 11) is -3.86. The van der Waals surface area contributed by atoms with E-state index in [4.69, 9.17) is 4.74 Å². The molecule has 1 spiro atoms. The van der Waals surface area contributed by atoms with E-state index in [1.807, 2.05) is 0 Å². The fourth-order valence-electron chi connectivity index (χ4n) is 5.03. The molecule has 3 aliphatic rings. The highest BCUT2D eigenvalue weighted by Gasteiger charge is 2.47. The molecule has 218 valence electrons. The van der Waals surface area contributed by atoms with Crippen LogP contribution in [0.25, 0.3) is 6.08 Å². The van der Waals surface area contributed by atoms with Gasteiger partial charge >= 0.3 is 12.3 Å². The first-order chi connectivity index (χ1) is 19.3. The lowest BCUT2D eigenvalue weighted by molar-refractivity contribution is -0.137. The second-order valence-corrected chi connectivity index (χ2v) is 11.9. The number of amidine groups is 1. The van der Waals surface area contributed by atoms with E-state index in [9.17, 15) is 36.3 Å². The van der Waals surface area contributed by atoms with Gasteiger partial charge in [-0.05, 0) is 61.2 Å². The fraction of sp³-hybridized carbons (Fsp3) is 0.370. The number of hydrogen-bond acceptors (Lipinski definition) is 7. The number of aliphatic imine (C=N–C) groups is 1. The van der Waals surface area contributed by atoms with Crippen LogP contribution in [0.15, 0.2) is 52.9 Å². The van der Waals surface area contributed by atoms with Gasteiger partial charge in [-0.2, -0.15) is 17.5 Å². The SMILES string of the molecule is Cc1cc(N2CC(CO)OC2=O)ccc1C=CS(=O)(=O)N1CCC2(CC1)N=C(c1cccc(C(F)(F)F)c1)NC2=O. The number of cyclic esters (lactones) is 1. The molecule has 2 fully saturated rings. The molecule has 2 amide bonds. The highest BCUT2D eigenvalue weighted by atomic mass is 32.2. The van der Waals surface area contributed by atoms with Gasteiger partial charge in [0.25, 0.3) is 5.91 Å². The number of aliphatic hydroxyl groups is 1. The van der Waals surface area contributed by atoms with Gasteiger partial charge in [0.1, 0.15) is 17.5 Å². The first-order valence-corrected chi connectivity index (χ1v) is 14.3. The molecule has 1 atom stereocenters. The zero-order valence-electron chi connectivity index (χ0n) is 21.9. The zero-order valence-corrected chi connectivity index (χ0v) is 22.7. The van der Waals surface area contributed by atoms with Crippen LogP contribution in [0.5, 0.6) is 0 Å². The highest BCUT2D eigenvalue weighted by molar-refractivity contribution is 7.92. The molecule has 2 aromatic rings. The molecule has 0 bridgehead atoms. The van der Waals surface area contributed by atoms with E-state index in [-0.39, 0.29) is 50.5 Å². The molecule has 3 heterocycles. The molecule has 5 rings (SSSR count). The molecule has 1 unspecified atom stereocenters. The van der Waals surface area contributed by atoms with Gasteiger partial charge in [-0.1, -0.05) is 18.2 Å². The van der Waals surface area contributed by atoms with Crippen LogP contribution >= 0.6 is 0 Å². The molecule has 0 aliphatic carbocycles. The molecule has 2 saturated heterocycles. The Bertz CT molecular complexity index is 1550. The van der Waals surface area contributed by atoms with Crippen LogP contribution in [0.2, 0.25) is 0 Å². The second kappa shape index (κ2) is 10.6. The third kappa shape index (κ3) is 5.72. The third-order valence-electron chi connectivity index (χ3n) is 7.42. The maximum atomic E-state index is 13.1. The molecule has 0 radical (unpaired) electrons. The van der Waals surface area contributed by atoms with E-state index in [0.29, 0.717) is 16.8 Å². The second-order valence-electron chi connectivity index (χ2n) is 10.1. The third-order valence-corrected chi connectivity index (χ3v) is 8.98. The van der Waals surface area contributed by atoms with Gasteiger partial charge in [0.2, 0.25) is 10.0 Å². The topological polar surface area (TPSA) is 129 Å². The van der Waals surface area contributed by atoms with Gasteiger partial charge in [0.15, 0.2) is 0 Å². The number of ether oxygens (including phenoxy) is 1. The number of nitrogens with one attached hydrogen (secondary N) is 1. The number of aryl methyl sites for hydroxylation is 1. The maximum absolute atomic E-state index is 13.1. The summed E-state index contributed by atoms with van der Waals surface area (Å²) >= 11 is 0. The van der Waals surface area contributed by atoms with Gasteiger partial charge < -0.3 is 15.2 Å².